The minimum Gasteiger partial charge on any atom is -0.497 e. The molecule has 2 N–H and O–H groups in total. The van der Waals surface area contributed by atoms with E-state index in [-0.39, 0.29) is 19.0 Å². The van der Waals surface area contributed by atoms with E-state index < -0.39 is 17.8 Å². The van der Waals surface area contributed by atoms with Crippen LogP contribution in [0.1, 0.15) is 30.0 Å². The molecular weight excluding hydrogens is 533 g/mol. The van der Waals surface area contributed by atoms with Crippen molar-refractivity contribution in [3.8, 4) is 5.75 Å². The summed E-state index contributed by atoms with van der Waals surface area (Å²) < 4.78 is 44.5. The zero-order valence-corrected chi connectivity index (χ0v) is 23.0. The molecule has 4 rings (SSSR count). The minimum atomic E-state index is -4.44. The highest BCUT2D eigenvalue weighted by molar-refractivity contribution is 5.92. The molecule has 0 atom stereocenters. The van der Waals surface area contributed by atoms with Crippen molar-refractivity contribution in [1.82, 2.24) is 14.8 Å². The van der Waals surface area contributed by atoms with Gasteiger partial charge in [-0.1, -0.05) is 43.3 Å². The number of anilines is 1. The number of para-hydroxylation sites is 1. The van der Waals surface area contributed by atoms with Crippen molar-refractivity contribution in [3.63, 3.8) is 0 Å². The molecule has 0 radical (unpaired) electrons. The first kappa shape index (κ1) is 29.5. The largest absolute Gasteiger partial charge is 0.497 e. The summed E-state index contributed by atoms with van der Waals surface area (Å²) in [6.07, 6.45) is -1.39. The molecule has 0 aliphatic rings. The minimum absolute atomic E-state index is 0.108. The molecule has 0 bridgehead atoms. The standard InChI is InChI=1S/C31H33F3N4O3/c1-3-16-38(30(40)36-25-7-6-8-26(18-25)41-2)21-29(39)37(20-22-11-13-24(14-12-22)31(32,33)34)17-15-23-19-35-28-10-5-4-9-27(23)28/h4-14,18-19,35H,3,15-17,20-21H2,1-2H3,(H,36,40). The lowest BCUT2D eigenvalue weighted by Crippen LogP contribution is -2.45. The van der Waals surface area contributed by atoms with Gasteiger partial charge >= 0.3 is 12.2 Å². The number of rotatable bonds is 11. The van der Waals surface area contributed by atoms with E-state index in [4.69, 9.17) is 4.74 Å². The molecule has 216 valence electrons. The molecule has 0 saturated heterocycles. The lowest BCUT2D eigenvalue weighted by Gasteiger charge is -2.28. The number of benzene rings is 3. The van der Waals surface area contributed by atoms with E-state index in [1.807, 2.05) is 37.4 Å². The van der Waals surface area contributed by atoms with E-state index in [2.05, 4.69) is 10.3 Å². The average Bonchev–Trinajstić information content (AvgIpc) is 3.38. The third-order valence-corrected chi connectivity index (χ3v) is 6.76. The highest BCUT2D eigenvalue weighted by atomic mass is 19.4. The van der Waals surface area contributed by atoms with Gasteiger partial charge in [0.1, 0.15) is 12.3 Å². The van der Waals surface area contributed by atoms with Crippen LogP contribution in [0.3, 0.4) is 0 Å². The first-order chi connectivity index (χ1) is 19.7. The second kappa shape index (κ2) is 13.3. The van der Waals surface area contributed by atoms with Gasteiger partial charge in [0.2, 0.25) is 5.91 Å². The van der Waals surface area contributed by atoms with Gasteiger partial charge in [-0.15, -0.1) is 0 Å². The number of hydrogen-bond donors (Lipinski definition) is 2. The molecule has 0 aliphatic carbocycles. The van der Waals surface area contributed by atoms with E-state index in [1.54, 1.807) is 29.2 Å². The summed E-state index contributed by atoms with van der Waals surface area (Å²) in [6, 6.07) is 19.1. The van der Waals surface area contributed by atoms with Crippen molar-refractivity contribution in [3.05, 3.63) is 95.7 Å². The van der Waals surface area contributed by atoms with Crippen molar-refractivity contribution in [2.75, 3.05) is 32.1 Å². The quantitative estimate of drug-likeness (QED) is 0.212. The summed E-state index contributed by atoms with van der Waals surface area (Å²) in [5, 5.41) is 3.86. The number of nitrogens with zero attached hydrogens (tertiary/aromatic N) is 2. The fourth-order valence-electron chi connectivity index (χ4n) is 4.59. The number of urea groups is 1. The van der Waals surface area contributed by atoms with Crippen LogP contribution in [-0.2, 0) is 23.9 Å². The first-order valence-corrected chi connectivity index (χ1v) is 13.4. The highest BCUT2D eigenvalue weighted by Crippen LogP contribution is 2.29. The Labute approximate surface area is 236 Å². The summed E-state index contributed by atoms with van der Waals surface area (Å²) in [5.41, 5.74) is 2.34. The molecule has 3 aromatic carbocycles. The Morgan fingerprint density at radius 3 is 2.41 bits per heavy atom. The number of methoxy groups -OCH3 is 1. The normalized spacial score (nSPS) is 11.3. The summed E-state index contributed by atoms with van der Waals surface area (Å²) in [7, 11) is 1.53. The van der Waals surface area contributed by atoms with Gasteiger partial charge in [0.25, 0.3) is 0 Å². The molecule has 0 fully saturated rings. The van der Waals surface area contributed by atoms with E-state index in [0.717, 1.165) is 28.6 Å². The Morgan fingerprint density at radius 2 is 1.71 bits per heavy atom. The van der Waals surface area contributed by atoms with E-state index in [1.165, 1.54) is 24.1 Å². The first-order valence-electron chi connectivity index (χ1n) is 13.4. The third kappa shape index (κ3) is 7.81. The molecule has 0 aliphatic heterocycles. The fraction of sp³-hybridized carbons (Fsp3) is 0.290. The van der Waals surface area contributed by atoms with Crippen LogP contribution < -0.4 is 10.1 Å². The SMILES string of the molecule is CCCN(CC(=O)N(CCc1c[nH]c2ccccc12)Cc1ccc(C(F)(F)F)cc1)C(=O)Nc1cccc(OC)c1. The van der Waals surface area contributed by atoms with Crippen LogP contribution in [0.2, 0.25) is 0 Å². The van der Waals surface area contributed by atoms with Crippen molar-refractivity contribution in [2.45, 2.75) is 32.5 Å². The average molecular weight is 567 g/mol. The lowest BCUT2D eigenvalue weighted by atomic mass is 10.1. The maximum atomic E-state index is 13.6. The van der Waals surface area contributed by atoms with Gasteiger partial charge in [0.15, 0.2) is 0 Å². The molecule has 0 spiro atoms. The van der Waals surface area contributed by atoms with E-state index in [9.17, 15) is 22.8 Å². The Bertz CT molecular complexity index is 1470. The number of fused-ring (bicyclic) bond motifs is 1. The van der Waals surface area contributed by atoms with Crippen molar-refractivity contribution in [2.24, 2.45) is 0 Å². The van der Waals surface area contributed by atoms with E-state index in [0.29, 0.717) is 42.9 Å². The maximum absolute atomic E-state index is 13.6. The predicted molar refractivity (Wildman–Crippen MR) is 153 cm³/mol. The number of ether oxygens (including phenoxy) is 1. The zero-order chi connectivity index (χ0) is 29.4. The van der Waals surface area contributed by atoms with Crippen LogP contribution in [0.15, 0.2) is 79.0 Å². The van der Waals surface area contributed by atoms with Crippen LogP contribution in [-0.4, -0.2) is 53.5 Å². The smallest absolute Gasteiger partial charge is 0.416 e. The van der Waals surface area contributed by atoms with Gasteiger partial charge in [-0.3, -0.25) is 4.79 Å². The number of H-pyrrole nitrogens is 1. The molecule has 7 nitrogen and oxygen atoms in total. The van der Waals surface area contributed by atoms with Crippen LogP contribution in [0, 0.1) is 0 Å². The van der Waals surface area contributed by atoms with Crippen LogP contribution in [0.25, 0.3) is 10.9 Å². The van der Waals surface area contributed by atoms with Gasteiger partial charge in [0.05, 0.1) is 12.7 Å². The number of halogens is 3. The monoisotopic (exact) mass is 566 g/mol. The molecule has 1 aromatic heterocycles. The Morgan fingerprint density at radius 1 is 0.951 bits per heavy atom. The lowest BCUT2D eigenvalue weighted by molar-refractivity contribution is -0.137. The number of carbonyl (C=O) groups is 2. The molecule has 41 heavy (non-hydrogen) atoms. The third-order valence-electron chi connectivity index (χ3n) is 6.76. The molecule has 10 heteroatoms. The van der Waals surface area contributed by atoms with Crippen molar-refractivity contribution < 1.29 is 27.5 Å². The molecule has 1 heterocycles. The van der Waals surface area contributed by atoms with Gasteiger partial charge in [-0.2, -0.15) is 13.2 Å². The summed E-state index contributed by atoms with van der Waals surface area (Å²) >= 11 is 0. The second-order valence-electron chi connectivity index (χ2n) is 9.70. The van der Waals surface area contributed by atoms with Crippen LogP contribution >= 0.6 is 0 Å². The number of nitrogens with one attached hydrogen (secondary N) is 2. The number of aromatic amines is 1. The highest BCUT2D eigenvalue weighted by Gasteiger charge is 2.30. The van der Waals surface area contributed by atoms with E-state index >= 15 is 0 Å². The number of alkyl halides is 3. The molecular formula is C31H33F3N4O3. The number of carbonyl (C=O) groups excluding carboxylic acids is 2. The van der Waals surface area contributed by atoms with Crippen molar-refractivity contribution in [1.29, 1.82) is 0 Å². The Balaban J connectivity index is 1.52. The molecule has 4 aromatic rings. The van der Waals surface area contributed by atoms with Gasteiger partial charge < -0.3 is 24.8 Å². The van der Waals surface area contributed by atoms with Gasteiger partial charge in [-0.05, 0) is 54.3 Å². The molecule has 0 unspecified atom stereocenters. The molecule has 0 saturated carbocycles. The fourth-order valence-corrected chi connectivity index (χ4v) is 4.59. The zero-order valence-electron chi connectivity index (χ0n) is 23.0. The number of aromatic nitrogens is 1. The summed E-state index contributed by atoms with van der Waals surface area (Å²) in [5.74, 6) is 0.278. The summed E-state index contributed by atoms with van der Waals surface area (Å²) in [4.78, 5) is 33.0. The van der Waals surface area contributed by atoms with Gasteiger partial charge in [0, 0.05) is 48.5 Å². The van der Waals surface area contributed by atoms with Crippen LogP contribution in [0.4, 0.5) is 23.7 Å². The van der Waals surface area contributed by atoms with Gasteiger partial charge in [-0.25, -0.2) is 4.79 Å². The summed E-state index contributed by atoms with van der Waals surface area (Å²) in [6.45, 7) is 2.50. The Kier molecular flexibility index (Phi) is 9.54. The van der Waals surface area contributed by atoms with Crippen LogP contribution in [0.5, 0.6) is 5.75 Å². The number of hydrogen-bond acceptors (Lipinski definition) is 3. The predicted octanol–water partition coefficient (Wildman–Crippen LogP) is 6.71. The number of amides is 3. The van der Waals surface area contributed by atoms with Crippen molar-refractivity contribution >= 4 is 28.5 Å². The second-order valence-corrected chi connectivity index (χ2v) is 9.70. The maximum Gasteiger partial charge on any atom is 0.416 e. The molecule has 3 amide bonds. The topological polar surface area (TPSA) is 77.7 Å². The Hall–Kier alpha value is -4.47.